The van der Waals surface area contributed by atoms with Crippen LogP contribution >= 0.6 is 15.9 Å². The van der Waals surface area contributed by atoms with Crippen molar-refractivity contribution in [1.29, 1.82) is 0 Å². The zero-order valence-corrected chi connectivity index (χ0v) is 10.7. The van der Waals surface area contributed by atoms with Crippen LogP contribution < -0.4 is 16.0 Å². The molecule has 0 aliphatic heterocycles. The first-order valence-corrected chi connectivity index (χ1v) is 5.49. The maximum absolute atomic E-state index is 13.2. The van der Waals surface area contributed by atoms with E-state index in [1.807, 2.05) is 5.43 Å². The van der Waals surface area contributed by atoms with Gasteiger partial charge in [0, 0.05) is 13.2 Å². The molecule has 0 heterocycles. The summed E-state index contributed by atoms with van der Waals surface area (Å²) in [5, 5.41) is 0. The van der Waals surface area contributed by atoms with Crippen LogP contribution in [0.15, 0.2) is 22.7 Å². The van der Waals surface area contributed by atoms with Gasteiger partial charge in [-0.2, -0.15) is 0 Å². The summed E-state index contributed by atoms with van der Waals surface area (Å²) in [6, 6.07) is 4.17. The fraction of sp³-hybridized carbons (Fsp3) is 0.300. The van der Waals surface area contributed by atoms with Gasteiger partial charge in [0.2, 0.25) is 6.10 Å². The van der Waals surface area contributed by atoms with Gasteiger partial charge < -0.3 is 9.47 Å². The van der Waals surface area contributed by atoms with Crippen LogP contribution in [-0.2, 0) is 9.53 Å². The Morgan fingerprint density at radius 1 is 1.65 bits per heavy atom. The molecular formula is C10H12BrFN2O3. The summed E-state index contributed by atoms with van der Waals surface area (Å²) in [6.07, 6.45) is -0.925. The van der Waals surface area contributed by atoms with Gasteiger partial charge in [-0.25, -0.2) is 10.2 Å². The molecule has 0 saturated carbocycles. The van der Waals surface area contributed by atoms with Crippen molar-refractivity contribution < 1.29 is 18.7 Å². The summed E-state index contributed by atoms with van der Waals surface area (Å²) in [4.78, 5) is 11.3. The van der Waals surface area contributed by atoms with Gasteiger partial charge in [-0.1, -0.05) is 0 Å². The average Bonchev–Trinajstić information content (AvgIpc) is 2.32. The van der Waals surface area contributed by atoms with Crippen molar-refractivity contribution in [3.63, 3.8) is 0 Å². The lowest BCUT2D eigenvalue weighted by molar-refractivity contribution is -0.130. The molecule has 1 atom stereocenters. The highest BCUT2D eigenvalue weighted by atomic mass is 79.9. The largest absolute Gasteiger partial charge is 0.478 e. The van der Waals surface area contributed by atoms with Crippen molar-refractivity contribution in [2.45, 2.75) is 6.10 Å². The molecule has 3 N–H and O–H groups in total. The maximum Gasteiger partial charge on any atom is 0.277 e. The van der Waals surface area contributed by atoms with E-state index in [4.69, 9.17) is 15.3 Å². The Morgan fingerprint density at radius 2 is 2.35 bits per heavy atom. The third kappa shape index (κ3) is 3.95. The number of hydrogen-bond donors (Lipinski definition) is 2. The number of benzene rings is 1. The number of rotatable bonds is 5. The second-order valence-corrected chi connectivity index (χ2v) is 4.00. The van der Waals surface area contributed by atoms with E-state index < -0.39 is 17.8 Å². The van der Waals surface area contributed by atoms with Crippen molar-refractivity contribution in [1.82, 2.24) is 5.43 Å². The number of halogens is 2. The summed E-state index contributed by atoms with van der Waals surface area (Å²) in [7, 11) is 1.42. The maximum atomic E-state index is 13.2. The first-order valence-electron chi connectivity index (χ1n) is 4.69. The Bertz CT molecular complexity index is 403. The van der Waals surface area contributed by atoms with Crippen LogP contribution in [0.4, 0.5) is 4.39 Å². The van der Waals surface area contributed by atoms with Crippen LogP contribution in [-0.4, -0.2) is 25.7 Å². The number of carbonyl (C=O) groups excluding carboxylic acids is 1. The zero-order valence-electron chi connectivity index (χ0n) is 9.07. The van der Waals surface area contributed by atoms with E-state index in [0.29, 0.717) is 4.47 Å². The minimum Gasteiger partial charge on any atom is -0.478 e. The van der Waals surface area contributed by atoms with Crippen LogP contribution in [0.5, 0.6) is 5.75 Å². The molecule has 0 bridgehead atoms. The van der Waals surface area contributed by atoms with E-state index in [-0.39, 0.29) is 12.4 Å². The number of amides is 1. The Morgan fingerprint density at radius 3 is 2.88 bits per heavy atom. The molecule has 0 aliphatic rings. The van der Waals surface area contributed by atoms with E-state index in [0.717, 1.165) is 6.07 Å². The summed E-state index contributed by atoms with van der Waals surface area (Å²) < 4.78 is 23.6. The van der Waals surface area contributed by atoms with Gasteiger partial charge in [-0.3, -0.25) is 10.2 Å². The lowest BCUT2D eigenvalue weighted by Crippen LogP contribution is -2.44. The van der Waals surface area contributed by atoms with Crippen LogP contribution in [0.25, 0.3) is 0 Å². The molecule has 1 unspecified atom stereocenters. The van der Waals surface area contributed by atoms with Gasteiger partial charge in [0.1, 0.15) is 11.6 Å². The lowest BCUT2D eigenvalue weighted by Gasteiger charge is -2.16. The SMILES string of the molecule is COCC(Oc1ccc(Br)c(F)c1)C(=O)NN. The van der Waals surface area contributed by atoms with Crippen LogP contribution in [0.1, 0.15) is 0 Å². The van der Waals surface area contributed by atoms with E-state index >= 15 is 0 Å². The molecule has 1 aromatic rings. The van der Waals surface area contributed by atoms with E-state index in [9.17, 15) is 9.18 Å². The number of nitrogens with one attached hydrogen (secondary N) is 1. The second kappa shape index (κ2) is 6.53. The monoisotopic (exact) mass is 306 g/mol. The highest BCUT2D eigenvalue weighted by Gasteiger charge is 2.19. The molecule has 94 valence electrons. The number of hydrazine groups is 1. The second-order valence-electron chi connectivity index (χ2n) is 3.15. The standard InChI is InChI=1S/C10H12BrFN2O3/c1-16-5-9(10(15)14-13)17-6-2-3-7(11)8(12)4-6/h2-4,9H,5,13H2,1H3,(H,14,15). The fourth-order valence-electron chi connectivity index (χ4n) is 1.12. The molecule has 1 amide bonds. The van der Waals surface area contributed by atoms with Crippen LogP contribution in [0.3, 0.4) is 0 Å². The molecular weight excluding hydrogens is 295 g/mol. The summed E-state index contributed by atoms with van der Waals surface area (Å²) in [6.45, 7) is 0.0146. The van der Waals surface area contributed by atoms with Crippen molar-refractivity contribution in [3.05, 3.63) is 28.5 Å². The minimum absolute atomic E-state index is 0.0146. The highest BCUT2D eigenvalue weighted by molar-refractivity contribution is 9.10. The molecule has 0 radical (unpaired) electrons. The topological polar surface area (TPSA) is 73.6 Å². The first-order chi connectivity index (χ1) is 8.08. The quantitative estimate of drug-likeness (QED) is 0.483. The molecule has 0 saturated heterocycles. The van der Waals surface area contributed by atoms with Crippen molar-refractivity contribution in [2.24, 2.45) is 5.84 Å². The fourth-order valence-corrected chi connectivity index (χ4v) is 1.37. The molecule has 1 rings (SSSR count). The molecule has 17 heavy (non-hydrogen) atoms. The number of carbonyl (C=O) groups is 1. The van der Waals surface area contributed by atoms with Crippen molar-refractivity contribution >= 4 is 21.8 Å². The lowest BCUT2D eigenvalue weighted by atomic mass is 10.3. The van der Waals surface area contributed by atoms with Gasteiger partial charge in [-0.15, -0.1) is 0 Å². The average molecular weight is 307 g/mol. The first kappa shape index (κ1) is 13.9. The third-order valence-electron chi connectivity index (χ3n) is 1.92. The highest BCUT2D eigenvalue weighted by Crippen LogP contribution is 2.21. The van der Waals surface area contributed by atoms with Crippen LogP contribution in [0, 0.1) is 5.82 Å². The Kier molecular flexibility index (Phi) is 5.33. The smallest absolute Gasteiger partial charge is 0.277 e. The zero-order chi connectivity index (χ0) is 12.8. The van der Waals surface area contributed by atoms with E-state index in [1.165, 1.54) is 19.2 Å². The van der Waals surface area contributed by atoms with Gasteiger partial charge >= 0.3 is 0 Å². The van der Waals surface area contributed by atoms with Gasteiger partial charge in [0.15, 0.2) is 0 Å². The number of hydrogen-bond acceptors (Lipinski definition) is 4. The van der Waals surface area contributed by atoms with Crippen molar-refractivity contribution in [3.8, 4) is 5.75 Å². The molecule has 0 spiro atoms. The van der Waals surface area contributed by atoms with Gasteiger partial charge in [-0.05, 0) is 28.1 Å². The van der Waals surface area contributed by atoms with Gasteiger partial charge in [0.25, 0.3) is 5.91 Å². The molecule has 1 aromatic carbocycles. The summed E-state index contributed by atoms with van der Waals surface area (Å²) >= 11 is 3.01. The Hall–Kier alpha value is -1.18. The molecule has 7 heteroatoms. The summed E-state index contributed by atoms with van der Waals surface area (Å²) in [5.41, 5.74) is 1.95. The van der Waals surface area contributed by atoms with E-state index in [2.05, 4.69) is 15.9 Å². The van der Waals surface area contributed by atoms with E-state index in [1.54, 1.807) is 0 Å². The van der Waals surface area contributed by atoms with Crippen LogP contribution in [0.2, 0.25) is 0 Å². The summed E-state index contributed by atoms with van der Waals surface area (Å²) in [5.74, 6) is 4.19. The number of ether oxygens (including phenoxy) is 2. The molecule has 0 fully saturated rings. The minimum atomic E-state index is -0.925. The number of nitrogens with two attached hydrogens (primary N) is 1. The normalized spacial score (nSPS) is 12.0. The van der Waals surface area contributed by atoms with Crippen molar-refractivity contribution in [2.75, 3.05) is 13.7 Å². The predicted molar refractivity (Wildman–Crippen MR) is 62.7 cm³/mol. The molecule has 0 aliphatic carbocycles. The molecule has 5 nitrogen and oxygen atoms in total. The van der Waals surface area contributed by atoms with Gasteiger partial charge in [0.05, 0.1) is 11.1 Å². The predicted octanol–water partition coefficient (Wildman–Crippen LogP) is 0.972. The number of methoxy groups -OCH3 is 1. The Labute approximate surface area is 106 Å². The Balaban J connectivity index is 2.78. The molecule has 0 aromatic heterocycles. The third-order valence-corrected chi connectivity index (χ3v) is 2.57.